The Balaban J connectivity index is 1.72. The molecule has 0 aromatic carbocycles. The molecule has 0 saturated heterocycles. The van der Waals surface area contributed by atoms with Crippen LogP contribution in [-0.4, -0.2) is 30.2 Å². The van der Waals surface area contributed by atoms with Crippen LogP contribution in [0.15, 0.2) is 30.9 Å². The average Bonchev–Trinajstić information content (AvgIpc) is 3.22. The number of hydrogen-bond donors (Lipinski definition) is 2. The van der Waals surface area contributed by atoms with E-state index in [0.717, 1.165) is 16.8 Å². The van der Waals surface area contributed by atoms with Gasteiger partial charge in [0.25, 0.3) is 0 Å². The summed E-state index contributed by atoms with van der Waals surface area (Å²) < 4.78 is 54.9. The summed E-state index contributed by atoms with van der Waals surface area (Å²) in [5.41, 5.74) is 4.89. The van der Waals surface area contributed by atoms with E-state index >= 15 is 0 Å². The van der Waals surface area contributed by atoms with Gasteiger partial charge in [0.2, 0.25) is 5.91 Å². The topological polar surface area (TPSA) is 104 Å². The summed E-state index contributed by atoms with van der Waals surface area (Å²) in [4.78, 5) is 20.2. The molecule has 0 bridgehead atoms. The molecule has 0 aliphatic heterocycles. The number of aromatic nitrogens is 5. The van der Waals surface area contributed by atoms with Crippen molar-refractivity contribution in [2.45, 2.75) is 39.0 Å². The summed E-state index contributed by atoms with van der Waals surface area (Å²) in [7, 11) is 0. The Bertz CT molecular complexity index is 1080. The van der Waals surface area contributed by atoms with Crippen LogP contribution < -0.4 is 11.1 Å². The van der Waals surface area contributed by atoms with Crippen molar-refractivity contribution in [3.05, 3.63) is 53.8 Å². The third kappa shape index (κ3) is 4.64. The summed E-state index contributed by atoms with van der Waals surface area (Å²) in [5.74, 6) is -1.46. The Morgan fingerprint density at radius 1 is 1.20 bits per heavy atom. The van der Waals surface area contributed by atoms with Gasteiger partial charge in [-0.1, -0.05) is 0 Å². The number of nitrogens with one attached hydrogen (secondary N) is 1. The fourth-order valence-corrected chi connectivity index (χ4v) is 2.61. The van der Waals surface area contributed by atoms with Crippen LogP contribution in [0, 0.1) is 12.7 Å². The third-order valence-corrected chi connectivity index (χ3v) is 4.16. The molecule has 0 aliphatic carbocycles. The molecular formula is C18H19F4N7O. The first-order valence-corrected chi connectivity index (χ1v) is 8.75. The van der Waals surface area contributed by atoms with Crippen LogP contribution in [0.4, 0.5) is 23.2 Å². The van der Waals surface area contributed by atoms with Crippen molar-refractivity contribution in [3.63, 3.8) is 0 Å². The summed E-state index contributed by atoms with van der Waals surface area (Å²) in [6, 6.07) is 1.88. The second-order valence-electron chi connectivity index (χ2n) is 7.29. The zero-order chi connectivity index (χ0) is 22.3. The van der Waals surface area contributed by atoms with E-state index in [0.29, 0.717) is 5.69 Å². The zero-order valence-electron chi connectivity index (χ0n) is 16.3. The lowest BCUT2D eigenvalue weighted by Crippen LogP contribution is -2.29. The molecule has 3 heterocycles. The maximum atomic E-state index is 14.5. The number of anilines is 1. The number of pyridine rings is 1. The van der Waals surface area contributed by atoms with Crippen molar-refractivity contribution in [1.82, 2.24) is 24.3 Å². The highest BCUT2D eigenvalue weighted by molar-refractivity contribution is 5.90. The fraction of sp³-hybridized carbons (Fsp3) is 0.333. The smallest absolute Gasteiger partial charge is 0.323 e. The number of carbonyl (C=O) groups excluding carboxylic acids is 1. The molecule has 0 aliphatic rings. The number of nitrogens with two attached hydrogens (primary N) is 1. The molecule has 12 heteroatoms. The number of aryl methyl sites for hydroxylation is 1. The summed E-state index contributed by atoms with van der Waals surface area (Å²) in [6.07, 6.45) is -0.475. The summed E-state index contributed by atoms with van der Waals surface area (Å²) in [6.45, 7) is 4.43. The van der Waals surface area contributed by atoms with Gasteiger partial charge in [-0.3, -0.25) is 14.0 Å². The van der Waals surface area contributed by atoms with Crippen molar-refractivity contribution in [1.29, 1.82) is 0 Å². The molecule has 160 valence electrons. The van der Waals surface area contributed by atoms with Crippen LogP contribution >= 0.6 is 0 Å². The minimum atomic E-state index is -4.61. The second kappa shape index (κ2) is 7.52. The van der Waals surface area contributed by atoms with Gasteiger partial charge < -0.3 is 11.1 Å². The quantitative estimate of drug-likeness (QED) is 0.612. The average molecular weight is 425 g/mol. The van der Waals surface area contributed by atoms with Crippen LogP contribution in [0.1, 0.15) is 30.9 Å². The van der Waals surface area contributed by atoms with Gasteiger partial charge in [0.15, 0.2) is 17.3 Å². The maximum absolute atomic E-state index is 14.5. The Kier molecular flexibility index (Phi) is 5.37. The van der Waals surface area contributed by atoms with Gasteiger partial charge in [-0.15, -0.1) is 0 Å². The molecule has 3 N–H and O–H groups in total. The first-order chi connectivity index (χ1) is 13.8. The van der Waals surface area contributed by atoms with E-state index in [-0.39, 0.29) is 17.2 Å². The third-order valence-electron chi connectivity index (χ3n) is 4.16. The van der Waals surface area contributed by atoms with Crippen LogP contribution in [0.5, 0.6) is 0 Å². The van der Waals surface area contributed by atoms with Crippen LogP contribution in [0.3, 0.4) is 0 Å². The highest BCUT2D eigenvalue weighted by atomic mass is 19.4. The molecule has 3 rings (SSSR count). The van der Waals surface area contributed by atoms with Gasteiger partial charge in [-0.2, -0.15) is 18.3 Å². The number of imidazole rings is 1. The molecule has 0 saturated carbocycles. The minimum absolute atomic E-state index is 0.0431. The number of rotatable bonds is 5. The van der Waals surface area contributed by atoms with Gasteiger partial charge in [0.1, 0.15) is 12.9 Å². The predicted octanol–water partition coefficient (Wildman–Crippen LogP) is 2.76. The van der Waals surface area contributed by atoms with Gasteiger partial charge in [0, 0.05) is 18.0 Å². The summed E-state index contributed by atoms with van der Waals surface area (Å²) >= 11 is 0. The van der Waals surface area contributed by atoms with Crippen molar-refractivity contribution in [3.8, 4) is 5.82 Å². The van der Waals surface area contributed by atoms with E-state index in [9.17, 15) is 22.4 Å². The predicted molar refractivity (Wildman–Crippen MR) is 99.1 cm³/mol. The molecule has 30 heavy (non-hydrogen) atoms. The highest BCUT2D eigenvalue weighted by Crippen LogP contribution is 2.28. The minimum Gasteiger partial charge on any atom is -0.323 e. The molecular weight excluding hydrogens is 406 g/mol. The Morgan fingerprint density at radius 3 is 2.43 bits per heavy atom. The lowest BCUT2D eigenvalue weighted by Gasteiger charge is -2.14. The SMILES string of the molecule is Cc1cc(C(F)(F)F)nn1CC(=O)Nc1cnc(-n2cnc(C(C)(C)N)c2)c(F)c1. The van der Waals surface area contributed by atoms with Crippen molar-refractivity contribution in [2.75, 3.05) is 5.32 Å². The van der Waals surface area contributed by atoms with Crippen molar-refractivity contribution < 1.29 is 22.4 Å². The van der Waals surface area contributed by atoms with Gasteiger partial charge in [-0.05, 0) is 26.8 Å². The number of amides is 1. The van der Waals surface area contributed by atoms with E-state index in [1.165, 1.54) is 24.0 Å². The van der Waals surface area contributed by atoms with Gasteiger partial charge >= 0.3 is 6.18 Å². The standard InChI is InChI=1S/C18H19F4N7O/c1-10-4-13(18(20,21)22)27-29(10)8-15(30)26-11-5-12(19)16(24-6-11)28-7-14(25-9-28)17(2,3)23/h4-7,9H,8,23H2,1-3H3,(H,26,30). The van der Waals surface area contributed by atoms with Gasteiger partial charge in [0.05, 0.1) is 23.1 Å². The van der Waals surface area contributed by atoms with E-state index in [2.05, 4.69) is 20.4 Å². The summed E-state index contributed by atoms with van der Waals surface area (Å²) in [5, 5.41) is 5.76. The molecule has 1 amide bonds. The molecule has 8 nitrogen and oxygen atoms in total. The second-order valence-corrected chi connectivity index (χ2v) is 7.29. The molecule has 3 aromatic heterocycles. The normalized spacial score (nSPS) is 12.3. The van der Waals surface area contributed by atoms with E-state index in [4.69, 9.17) is 5.73 Å². The number of hydrogen-bond acceptors (Lipinski definition) is 5. The largest absolute Gasteiger partial charge is 0.435 e. The Morgan fingerprint density at radius 2 is 1.90 bits per heavy atom. The number of carbonyl (C=O) groups is 1. The molecule has 0 unspecified atom stereocenters. The first-order valence-electron chi connectivity index (χ1n) is 8.75. The highest BCUT2D eigenvalue weighted by Gasteiger charge is 2.34. The zero-order valence-corrected chi connectivity index (χ0v) is 16.3. The molecule has 3 aromatic rings. The number of halogens is 4. The fourth-order valence-electron chi connectivity index (χ4n) is 2.61. The lowest BCUT2D eigenvalue weighted by molar-refractivity contribution is -0.141. The maximum Gasteiger partial charge on any atom is 0.435 e. The molecule has 0 spiro atoms. The van der Waals surface area contributed by atoms with Crippen LogP contribution in [0.2, 0.25) is 0 Å². The Labute approximate surface area is 168 Å². The number of nitrogens with zero attached hydrogens (tertiary/aromatic N) is 5. The first kappa shape index (κ1) is 21.4. The van der Waals surface area contributed by atoms with Crippen LogP contribution in [0.25, 0.3) is 5.82 Å². The van der Waals surface area contributed by atoms with E-state index < -0.39 is 35.7 Å². The molecule has 0 atom stereocenters. The lowest BCUT2D eigenvalue weighted by atomic mass is 10.0. The van der Waals surface area contributed by atoms with Crippen molar-refractivity contribution in [2.24, 2.45) is 5.73 Å². The van der Waals surface area contributed by atoms with Crippen LogP contribution in [-0.2, 0) is 23.1 Å². The van der Waals surface area contributed by atoms with E-state index in [1.54, 1.807) is 20.0 Å². The van der Waals surface area contributed by atoms with Gasteiger partial charge in [-0.25, -0.2) is 14.4 Å². The Hall–Kier alpha value is -3.28. The molecule has 0 radical (unpaired) electrons. The van der Waals surface area contributed by atoms with Crippen molar-refractivity contribution >= 4 is 11.6 Å². The van der Waals surface area contributed by atoms with E-state index in [1.807, 2.05) is 0 Å². The number of alkyl halides is 3. The monoisotopic (exact) mass is 425 g/mol. The molecule has 0 fully saturated rings.